The Labute approximate surface area is 359 Å². The molecule has 3 heterocycles. The molecule has 0 N–H and O–H groups in total. The highest BCUT2D eigenvalue weighted by atomic mass is 16.5. The molecule has 0 atom stereocenters. The van der Waals surface area contributed by atoms with E-state index in [1.807, 2.05) is 109 Å². The number of hydrogen-bond donors (Lipinski definition) is 0. The molecule has 6 nitrogen and oxygen atoms in total. The Morgan fingerprint density at radius 2 is 0.645 bits per heavy atom. The maximum atomic E-state index is 6.73. The maximum Gasteiger partial charge on any atom is 0.164 e. The van der Waals surface area contributed by atoms with E-state index < -0.39 is 5.41 Å². The molecule has 1 aliphatic heterocycles. The van der Waals surface area contributed by atoms with E-state index in [2.05, 4.69) is 103 Å². The van der Waals surface area contributed by atoms with Crippen LogP contribution in [0.5, 0.6) is 11.5 Å². The second-order valence-corrected chi connectivity index (χ2v) is 15.6. The summed E-state index contributed by atoms with van der Waals surface area (Å²) in [4.78, 5) is 25.6. The van der Waals surface area contributed by atoms with Gasteiger partial charge in [-0.1, -0.05) is 182 Å². The average Bonchev–Trinajstić information content (AvgIpc) is 3.64. The summed E-state index contributed by atoms with van der Waals surface area (Å²) >= 11 is 0. The number of para-hydroxylation sites is 2. The lowest BCUT2D eigenvalue weighted by molar-refractivity contribution is 0.436. The van der Waals surface area contributed by atoms with Crippen LogP contribution in [0.1, 0.15) is 22.3 Å². The molecule has 0 amide bonds. The lowest BCUT2D eigenvalue weighted by atomic mass is 9.65. The fourth-order valence-corrected chi connectivity index (χ4v) is 9.20. The monoisotopic (exact) mass is 793 g/mol. The van der Waals surface area contributed by atoms with E-state index in [0.717, 1.165) is 89.6 Å². The lowest BCUT2D eigenvalue weighted by Gasteiger charge is -2.39. The molecule has 10 aromatic rings. The third-order valence-electron chi connectivity index (χ3n) is 12.0. The molecule has 0 fully saturated rings. The zero-order chi connectivity index (χ0) is 41.0. The summed E-state index contributed by atoms with van der Waals surface area (Å²) in [5.74, 6) is 4.15. The molecule has 290 valence electrons. The molecule has 0 bridgehead atoms. The molecule has 62 heavy (non-hydrogen) atoms. The van der Waals surface area contributed by atoms with Gasteiger partial charge in [0.2, 0.25) is 0 Å². The molecule has 0 unspecified atom stereocenters. The minimum atomic E-state index is -0.753. The third-order valence-corrected chi connectivity index (χ3v) is 12.0. The van der Waals surface area contributed by atoms with Crippen LogP contribution in [0.4, 0.5) is 0 Å². The quantitative estimate of drug-likeness (QED) is 0.167. The van der Waals surface area contributed by atoms with Crippen LogP contribution < -0.4 is 4.74 Å². The Kier molecular flexibility index (Phi) is 8.28. The van der Waals surface area contributed by atoms with Gasteiger partial charge >= 0.3 is 0 Å². The van der Waals surface area contributed by atoms with Crippen LogP contribution in [0, 0.1) is 0 Å². The van der Waals surface area contributed by atoms with E-state index in [-0.39, 0.29) is 0 Å². The van der Waals surface area contributed by atoms with Crippen molar-refractivity contribution in [3.8, 4) is 90.7 Å². The fraction of sp³-hybridized carbons (Fsp3) is 0.0179. The summed E-state index contributed by atoms with van der Waals surface area (Å²) in [6, 6.07) is 73.2. The van der Waals surface area contributed by atoms with Crippen molar-refractivity contribution in [3.63, 3.8) is 0 Å². The van der Waals surface area contributed by atoms with Crippen molar-refractivity contribution in [3.05, 3.63) is 235 Å². The zero-order valence-electron chi connectivity index (χ0n) is 33.4. The Bertz CT molecular complexity index is 2980. The van der Waals surface area contributed by atoms with Crippen molar-refractivity contribution in [2.75, 3.05) is 0 Å². The molecule has 0 saturated heterocycles. The largest absolute Gasteiger partial charge is 0.457 e. The van der Waals surface area contributed by atoms with E-state index >= 15 is 0 Å². The molecule has 1 spiro atoms. The van der Waals surface area contributed by atoms with Crippen molar-refractivity contribution in [1.29, 1.82) is 0 Å². The smallest absolute Gasteiger partial charge is 0.164 e. The Morgan fingerprint density at radius 1 is 0.274 bits per heavy atom. The van der Waals surface area contributed by atoms with Crippen molar-refractivity contribution < 1.29 is 4.74 Å². The van der Waals surface area contributed by atoms with Gasteiger partial charge in [0.15, 0.2) is 23.3 Å². The first kappa shape index (κ1) is 35.6. The number of rotatable bonds is 6. The van der Waals surface area contributed by atoms with Crippen LogP contribution in [0.25, 0.3) is 79.2 Å². The van der Waals surface area contributed by atoms with Crippen LogP contribution >= 0.6 is 0 Å². The van der Waals surface area contributed by atoms with Crippen LogP contribution in [0.15, 0.2) is 212 Å². The molecule has 2 aromatic heterocycles. The summed E-state index contributed by atoms with van der Waals surface area (Å²) in [7, 11) is 0. The van der Waals surface area contributed by atoms with Crippen LogP contribution in [0.2, 0.25) is 0 Å². The highest BCUT2D eigenvalue weighted by Crippen LogP contribution is 2.62. The van der Waals surface area contributed by atoms with Gasteiger partial charge in [-0.25, -0.2) is 24.9 Å². The van der Waals surface area contributed by atoms with Crippen molar-refractivity contribution in [2.45, 2.75) is 5.41 Å². The van der Waals surface area contributed by atoms with Crippen molar-refractivity contribution in [1.82, 2.24) is 24.9 Å². The zero-order valence-corrected chi connectivity index (χ0v) is 33.4. The Morgan fingerprint density at radius 3 is 1.15 bits per heavy atom. The number of benzene rings is 8. The predicted octanol–water partition coefficient (Wildman–Crippen LogP) is 13.1. The minimum absolute atomic E-state index is 0.601. The van der Waals surface area contributed by atoms with Crippen LogP contribution in [-0.2, 0) is 5.41 Å². The number of aromatic nitrogens is 5. The highest BCUT2D eigenvalue weighted by molar-refractivity contribution is 5.92. The van der Waals surface area contributed by atoms with E-state index in [4.69, 9.17) is 29.7 Å². The maximum absolute atomic E-state index is 6.73. The van der Waals surface area contributed by atoms with Gasteiger partial charge in [0.05, 0.1) is 16.8 Å². The molecule has 12 rings (SSSR count). The first-order chi connectivity index (χ1) is 30.7. The standard InChI is InChI=1S/C56H35N5O/c1-5-17-36(18-6-1)48-35-49(58-52(57-48)37-19-7-2-8-20-37)40-29-31-42-43-32-30-41(55-60-53(38-21-9-3-10-22-38)59-54(61-55)39-23-11-4-12-24-39)34-47(43)56(46(42)33-40)44-25-13-15-27-50(44)62-51-28-16-14-26-45(51)56/h1-35H. The fourth-order valence-electron chi connectivity index (χ4n) is 9.20. The van der Waals surface area contributed by atoms with Gasteiger partial charge in [-0.2, -0.15) is 0 Å². The van der Waals surface area contributed by atoms with Gasteiger partial charge in [-0.15, -0.1) is 0 Å². The number of nitrogens with zero attached hydrogens (tertiary/aromatic N) is 5. The molecular weight excluding hydrogens is 759 g/mol. The van der Waals surface area contributed by atoms with Gasteiger partial charge in [-0.3, -0.25) is 0 Å². The van der Waals surface area contributed by atoms with E-state index in [1.54, 1.807) is 0 Å². The van der Waals surface area contributed by atoms with Crippen molar-refractivity contribution >= 4 is 0 Å². The number of fused-ring (bicyclic) bond motifs is 9. The van der Waals surface area contributed by atoms with Gasteiger partial charge in [-0.05, 0) is 52.6 Å². The molecule has 0 saturated carbocycles. The van der Waals surface area contributed by atoms with Gasteiger partial charge in [0.25, 0.3) is 0 Å². The SMILES string of the molecule is c1ccc(-c2cc(-c3ccc4c(c3)C3(c5ccccc5Oc5ccccc53)c3cc(-c5nc(-c6ccccc6)nc(-c6ccccc6)n5)ccc3-4)nc(-c3ccccc3)n2)cc1. The molecule has 0 radical (unpaired) electrons. The Balaban J connectivity index is 1.11. The van der Waals surface area contributed by atoms with Gasteiger partial charge < -0.3 is 4.74 Å². The minimum Gasteiger partial charge on any atom is -0.457 e. The average molecular weight is 794 g/mol. The normalized spacial score (nSPS) is 12.8. The summed E-state index contributed by atoms with van der Waals surface area (Å²) in [5.41, 5.74) is 13.4. The number of hydrogen-bond acceptors (Lipinski definition) is 6. The second-order valence-electron chi connectivity index (χ2n) is 15.6. The molecule has 2 aliphatic rings. The predicted molar refractivity (Wildman–Crippen MR) is 245 cm³/mol. The first-order valence-corrected chi connectivity index (χ1v) is 20.7. The van der Waals surface area contributed by atoms with Crippen LogP contribution in [-0.4, -0.2) is 24.9 Å². The van der Waals surface area contributed by atoms with E-state index in [0.29, 0.717) is 23.3 Å². The first-order valence-electron chi connectivity index (χ1n) is 20.7. The van der Waals surface area contributed by atoms with Crippen LogP contribution in [0.3, 0.4) is 0 Å². The van der Waals surface area contributed by atoms with Gasteiger partial charge in [0.1, 0.15) is 11.5 Å². The summed E-state index contributed by atoms with van der Waals surface area (Å²) < 4.78 is 6.73. The molecule has 1 aliphatic carbocycles. The molecule has 6 heteroatoms. The Hall–Kier alpha value is -8.35. The third kappa shape index (κ3) is 5.76. The highest BCUT2D eigenvalue weighted by Gasteiger charge is 2.51. The lowest BCUT2D eigenvalue weighted by Crippen LogP contribution is -2.32. The summed E-state index contributed by atoms with van der Waals surface area (Å²) in [5, 5.41) is 0. The van der Waals surface area contributed by atoms with E-state index in [9.17, 15) is 0 Å². The molecular formula is C56H35N5O. The second kappa shape index (κ2) is 14.4. The van der Waals surface area contributed by atoms with E-state index in [1.165, 1.54) is 0 Å². The van der Waals surface area contributed by atoms with Gasteiger partial charge in [0, 0.05) is 44.5 Å². The summed E-state index contributed by atoms with van der Waals surface area (Å²) in [6.45, 7) is 0. The molecule has 8 aromatic carbocycles. The van der Waals surface area contributed by atoms with Crippen molar-refractivity contribution in [2.24, 2.45) is 0 Å². The summed E-state index contributed by atoms with van der Waals surface area (Å²) in [6.07, 6.45) is 0. The topological polar surface area (TPSA) is 73.7 Å². The number of ether oxygens (including phenoxy) is 1.